The number of likely N-dealkylation sites (tertiary alicyclic amines) is 1. The van der Waals surface area contributed by atoms with Crippen LogP contribution in [0.15, 0.2) is 53.6 Å². The molecule has 174 valence electrons. The highest BCUT2D eigenvalue weighted by Crippen LogP contribution is 2.37. The van der Waals surface area contributed by atoms with Crippen LogP contribution in [0.1, 0.15) is 43.4 Å². The predicted molar refractivity (Wildman–Crippen MR) is 129 cm³/mol. The van der Waals surface area contributed by atoms with Crippen molar-refractivity contribution in [2.24, 2.45) is 11.0 Å². The number of halogens is 2. The first-order valence-electron chi connectivity index (χ1n) is 11.3. The molecule has 6 nitrogen and oxygen atoms in total. The Labute approximate surface area is 204 Å². The first-order chi connectivity index (χ1) is 16.0. The van der Waals surface area contributed by atoms with Crippen molar-refractivity contribution in [3.05, 3.63) is 69.7 Å². The predicted octanol–water partition coefficient (Wildman–Crippen LogP) is 4.95. The van der Waals surface area contributed by atoms with Crippen LogP contribution in [0.25, 0.3) is 0 Å². The number of nitrogens with zero attached hydrogens (tertiary/aromatic N) is 3. The summed E-state index contributed by atoms with van der Waals surface area (Å²) in [6.07, 6.45) is 1.91. The van der Waals surface area contributed by atoms with Gasteiger partial charge in [0.2, 0.25) is 0 Å². The molecule has 0 saturated carbocycles. The molecule has 0 unspecified atom stereocenters. The fraction of sp³-hybridized carbons (Fsp3) is 0.400. The summed E-state index contributed by atoms with van der Waals surface area (Å²) in [4.78, 5) is 27.5. The van der Waals surface area contributed by atoms with Gasteiger partial charge in [-0.3, -0.25) is 14.5 Å². The summed E-state index contributed by atoms with van der Waals surface area (Å²) in [6, 6.07) is 14.8. The van der Waals surface area contributed by atoms with Crippen molar-refractivity contribution in [3.63, 3.8) is 0 Å². The molecular weight excluding hydrogens is 461 g/mol. The number of carbonyl (C=O) groups excluding carboxylic acids is 2. The molecular formula is C25H27Cl2N3O3. The quantitative estimate of drug-likeness (QED) is 0.540. The summed E-state index contributed by atoms with van der Waals surface area (Å²) in [6.45, 7) is 3.77. The molecule has 2 aliphatic heterocycles. The molecule has 0 N–H and O–H groups in total. The van der Waals surface area contributed by atoms with E-state index in [1.54, 1.807) is 5.01 Å². The van der Waals surface area contributed by atoms with Crippen molar-refractivity contribution in [2.45, 2.75) is 32.2 Å². The van der Waals surface area contributed by atoms with Crippen molar-refractivity contribution >= 4 is 40.8 Å². The van der Waals surface area contributed by atoms with E-state index in [-0.39, 0.29) is 30.4 Å². The van der Waals surface area contributed by atoms with Crippen LogP contribution in [0.4, 0.5) is 0 Å². The Morgan fingerprint density at radius 1 is 1.03 bits per heavy atom. The van der Waals surface area contributed by atoms with E-state index < -0.39 is 0 Å². The van der Waals surface area contributed by atoms with Gasteiger partial charge in [-0.2, -0.15) is 5.10 Å². The van der Waals surface area contributed by atoms with Crippen LogP contribution < -0.4 is 0 Å². The summed E-state index contributed by atoms with van der Waals surface area (Å²) in [7, 11) is 0. The molecule has 2 aliphatic rings. The lowest BCUT2D eigenvalue weighted by Gasteiger charge is -2.32. The minimum atomic E-state index is -0.297. The molecule has 2 aromatic rings. The Kier molecular flexibility index (Phi) is 7.68. The molecule has 0 aliphatic carbocycles. The Morgan fingerprint density at radius 3 is 2.36 bits per heavy atom. The van der Waals surface area contributed by atoms with Gasteiger partial charge in [-0.1, -0.05) is 59.6 Å². The van der Waals surface area contributed by atoms with Gasteiger partial charge in [-0.05, 0) is 50.6 Å². The van der Waals surface area contributed by atoms with Crippen LogP contribution in [0.2, 0.25) is 10.0 Å². The lowest BCUT2D eigenvalue weighted by molar-refractivity contribution is -0.149. The van der Waals surface area contributed by atoms with Crippen LogP contribution >= 0.6 is 23.2 Å². The zero-order chi connectivity index (χ0) is 23.4. The Hall–Kier alpha value is -2.41. The van der Waals surface area contributed by atoms with Crippen LogP contribution in [-0.4, -0.2) is 53.7 Å². The molecule has 8 heteroatoms. The Balaban J connectivity index is 1.51. The number of carbonyl (C=O) groups is 2. The van der Waals surface area contributed by atoms with E-state index in [1.807, 2.05) is 55.5 Å². The first kappa shape index (κ1) is 23.7. The van der Waals surface area contributed by atoms with E-state index in [2.05, 4.69) is 4.90 Å². The van der Waals surface area contributed by atoms with E-state index >= 15 is 0 Å². The number of piperidine rings is 1. The van der Waals surface area contributed by atoms with E-state index in [1.165, 1.54) is 0 Å². The van der Waals surface area contributed by atoms with Crippen LogP contribution in [-0.2, 0) is 14.3 Å². The molecule has 2 heterocycles. The van der Waals surface area contributed by atoms with E-state index in [0.717, 1.165) is 16.8 Å². The van der Waals surface area contributed by atoms with E-state index in [4.69, 9.17) is 33.0 Å². The van der Waals surface area contributed by atoms with Crippen molar-refractivity contribution in [1.82, 2.24) is 9.91 Å². The molecule has 1 amide bonds. The lowest BCUT2D eigenvalue weighted by Crippen LogP contribution is -2.43. The second kappa shape index (κ2) is 10.7. The third-order valence-corrected chi connectivity index (χ3v) is 6.86. The summed E-state index contributed by atoms with van der Waals surface area (Å²) in [5.74, 6) is -0.337. The molecule has 0 spiro atoms. The summed E-state index contributed by atoms with van der Waals surface area (Å²) in [5, 5.41) is 7.46. The molecule has 1 saturated heterocycles. The summed E-state index contributed by atoms with van der Waals surface area (Å²) in [5.41, 5.74) is 2.45. The highest BCUT2D eigenvalue weighted by molar-refractivity contribution is 6.34. The number of benzene rings is 2. The Bertz CT molecular complexity index is 1050. The number of hydrogen-bond acceptors (Lipinski definition) is 5. The van der Waals surface area contributed by atoms with Crippen LogP contribution in [0.5, 0.6) is 0 Å². The molecule has 1 atom stereocenters. The van der Waals surface area contributed by atoms with Gasteiger partial charge < -0.3 is 4.74 Å². The smallest absolute Gasteiger partial charge is 0.309 e. The largest absolute Gasteiger partial charge is 0.466 e. The molecule has 0 aromatic heterocycles. The average molecular weight is 488 g/mol. The highest BCUT2D eigenvalue weighted by atomic mass is 35.5. The second-order valence-electron chi connectivity index (χ2n) is 8.31. The Morgan fingerprint density at radius 2 is 1.70 bits per heavy atom. The molecule has 1 fully saturated rings. The van der Waals surface area contributed by atoms with Crippen molar-refractivity contribution in [1.29, 1.82) is 0 Å². The molecule has 0 radical (unpaired) electrons. The second-order valence-corrected chi connectivity index (χ2v) is 9.12. The topological polar surface area (TPSA) is 62.2 Å². The van der Waals surface area contributed by atoms with Gasteiger partial charge in [0.05, 0.1) is 30.8 Å². The highest BCUT2D eigenvalue weighted by Gasteiger charge is 2.36. The van der Waals surface area contributed by atoms with Crippen LogP contribution in [0.3, 0.4) is 0 Å². The number of ether oxygens (including phenoxy) is 1. The number of rotatable bonds is 6. The lowest BCUT2D eigenvalue weighted by atomic mass is 9.97. The fourth-order valence-electron chi connectivity index (χ4n) is 4.44. The maximum absolute atomic E-state index is 13.4. The molecule has 2 aromatic carbocycles. The number of esters is 1. The van der Waals surface area contributed by atoms with Gasteiger partial charge in [-0.15, -0.1) is 0 Å². The molecule has 33 heavy (non-hydrogen) atoms. The summed E-state index contributed by atoms with van der Waals surface area (Å²) >= 11 is 12.9. The van der Waals surface area contributed by atoms with Gasteiger partial charge in [0.25, 0.3) is 5.91 Å². The third-order valence-electron chi connectivity index (χ3n) is 6.18. The minimum Gasteiger partial charge on any atom is -0.466 e. The maximum atomic E-state index is 13.4. The van der Waals surface area contributed by atoms with Gasteiger partial charge in [-0.25, -0.2) is 5.01 Å². The zero-order valence-electron chi connectivity index (χ0n) is 18.5. The van der Waals surface area contributed by atoms with Gasteiger partial charge >= 0.3 is 5.97 Å². The summed E-state index contributed by atoms with van der Waals surface area (Å²) < 4.78 is 5.14. The van der Waals surface area contributed by atoms with E-state index in [9.17, 15) is 9.59 Å². The van der Waals surface area contributed by atoms with Crippen molar-refractivity contribution < 1.29 is 14.3 Å². The monoisotopic (exact) mass is 487 g/mol. The molecule has 4 rings (SSSR count). The third kappa shape index (κ3) is 5.40. The average Bonchev–Trinajstić information content (AvgIpc) is 3.25. The standard InChI is InChI=1S/C25H27Cl2N3O3/c1-2-33-25(32)17-11-13-29(14-12-17)16-24(31)30-23(19-8-4-6-10-21(19)27)15-22(28-30)18-7-3-5-9-20(18)26/h3-10,17,23H,2,11-16H2,1H3/t23-/m1/s1. The number of hydrogen-bond donors (Lipinski definition) is 0. The fourth-order valence-corrected chi connectivity index (χ4v) is 4.94. The van der Waals surface area contributed by atoms with E-state index in [0.29, 0.717) is 49.0 Å². The SMILES string of the molecule is CCOC(=O)C1CCN(CC(=O)N2N=C(c3ccccc3Cl)C[C@@H]2c2ccccc2Cl)CC1. The number of amides is 1. The molecule has 0 bridgehead atoms. The first-order valence-corrected chi connectivity index (χ1v) is 12.0. The van der Waals surface area contributed by atoms with Gasteiger partial charge in [0.1, 0.15) is 0 Å². The van der Waals surface area contributed by atoms with Crippen LogP contribution in [0, 0.1) is 5.92 Å². The number of hydrazone groups is 1. The van der Waals surface area contributed by atoms with Gasteiger partial charge in [0.15, 0.2) is 0 Å². The normalized spacial score (nSPS) is 19.4. The minimum absolute atomic E-state index is 0.0937. The van der Waals surface area contributed by atoms with Gasteiger partial charge in [0, 0.05) is 22.0 Å². The zero-order valence-corrected chi connectivity index (χ0v) is 20.1. The van der Waals surface area contributed by atoms with Crippen molar-refractivity contribution in [3.8, 4) is 0 Å². The van der Waals surface area contributed by atoms with Crippen molar-refractivity contribution in [2.75, 3.05) is 26.2 Å². The maximum Gasteiger partial charge on any atom is 0.309 e.